The maximum absolute atomic E-state index is 5.92. The Morgan fingerprint density at radius 3 is 2.60 bits per heavy atom. The van der Waals surface area contributed by atoms with Crippen LogP contribution in [0.3, 0.4) is 0 Å². The van der Waals surface area contributed by atoms with Crippen molar-refractivity contribution in [3.63, 3.8) is 0 Å². The second-order valence-corrected chi connectivity index (χ2v) is 4.87. The van der Waals surface area contributed by atoms with Crippen molar-refractivity contribution in [2.24, 2.45) is 0 Å². The van der Waals surface area contributed by atoms with Gasteiger partial charge < -0.3 is 14.8 Å². The number of halogens is 1. The molecule has 0 atom stereocenters. The Morgan fingerprint density at radius 1 is 1.33 bits per heavy atom. The van der Waals surface area contributed by atoms with E-state index in [9.17, 15) is 0 Å². The molecule has 0 unspecified atom stereocenters. The number of benzene rings is 1. The molecule has 0 amide bonds. The van der Waals surface area contributed by atoms with Crippen LogP contribution in [0.1, 0.15) is 6.92 Å². The zero-order valence-electron chi connectivity index (χ0n) is 8.84. The van der Waals surface area contributed by atoms with Crippen molar-refractivity contribution in [1.82, 2.24) is 5.32 Å². The zero-order chi connectivity index (χ0) is 10.9. The third-order valence-electron chi connectivity index (χ3n) is 2.48. The van der Waals surface area contributed by atoms with E-state index in [4.69, 9.17) is 9.47 Å². The molecule has 1 fully saturated rings. The molecule has 0 aliphatic carbocycles. The van der Waals surface area contributed by atoms with Crippen LogP contribution < -0.4 is 14.8 Å². The van der Waals surface area contributed by atoms with Crippen LogP contribution >= 0.6 is 15.9 Å². The minimum Gasteiger partial charge on any atom is -0.493 e. The van der Waals surface area contributed by atoms with Crippen LogP contribution in [0.5, 0.6) is 11.5 Å². The van der Waals surface area contributed by atoms with Gasteiger partial charge in [0.25, 0.3) is 0 Å². The van der Waals surface area contributed by atoms with Gasteiger partial charge in [-0.05, 0) is 25.1 Å². The van der Waals surface area contributed by atoms with Gasteiger partial charge >= 0.3 is 0 Å². The molecule has 0 aromatic heterocycles. The third-order valence-corrected chi connectivity index (χ3v) is 2.97. The fraction of sp³-hybridized carbons (Fsp3) is 0.455. The van der Waals surface area contributed by atoms with Crippen LogP contribution in [0, 0.1) is 0 Å². The lowest BCUT2D eigenvalue weighted by molar-refractivity contribution is 0.0323. The lowest BCUT2D eigenvalue weighted by Gasteiger charge is -2.39. The molecule has 1 aliphatic heterocycles. The average molecular weight is 272 g/mol. The summed E-state index contributed by atoms with van der Waals surface area (Å²) < 4.78 is 12.2. The van der Waals surface area contributed by atoms with Gasteiger partial charge in [-0.3, -0.25) is 0 Å². The molecule has 0 bridgehead atoms. The summed E-state index contributed by atoms with van der Waals surface area (Å²) in [4.78, 5) is 0. The van der Waals surface area contributed by atoms with Gasteiger partial charge in [0.2, 0.25) is 0 Å². The van der Waals surface area contributed by atoms with Crippen molar-refractivity contribution >= 4 is 15.9 Å². The van der Waals surface area contributed by atoms with E-state index >= 15 is 0 Å². The topological polar surface area (TPSA) is 30.5 Å². The zero-order valence-corrected chi connectivity index (χ0v) is 10.4. The molecule has 0 spiro atoms. The lowest BCUT2D eigenvalue weighted by Crippen LogP contribution is -2.61. The Bertz CT molecular complexity index is 364. The van der Waals surface area contributed by atoms with Gasteiger partial charge in [0.15, 0.2) is 11.5 Å². The predicted molar refractivity (Wildman–Crippen MR) is 62.6 cm³/mol. The van der Waals surface area contributed by atoms with Crippen LogP contribution in [-0.4, -0.2) is 25.8 Å². The maximum atomic E-state index is 5.92. The molecule has 4 heteroatoms. The van der Waals surface area contributed by atoms with E-state index in [-0.39, 0.29) is 5.60 Å². The van der Waals surface area contributed by atoms with E-state index in [1.165, 1.54) is 0 Å². The Morgan fingerprint density at radius 2 is 2.07 bits per heavy atom. The molecule has 3 nitrogen and oxygen atoms in total. The summed E-state index contributed by atoms with van der Waals surface area (Å²) in [5.74, 6) is 1.56. The highest BCUT2D eigenvalue weighted by atomic mass is 79.9. The van der Waals surface area contributed by atoms with E-state index in [0.717, 1.165) is 29.1 Å². The van der Waals surface area contributed by atoms with Gasteiger partial charge in [-0.25, -0.2) is 0 Å². The van der Waals surface area contributed by atoms with Crippen molar-refractivity contribution < 1.29 is 9.47 Å². The van der Waals surface area contributed by atoms with Gasteiger partial charge in [0.05, 0.1) is 7.11 Å². The summed E-state index contributed by atoms with van der Waals surface area (Å²) >= 11 is 3.42. The summed E-state index contributed by atoms with van der Waals surface area (Å²) in [5, 5.41) is 3.20. The number of ether oxygens (including phenoxy) is 2. The smallest absolute Gasteiger partial charge is 0.163 e. The molecule has 1 saturated heterocycles. The van der Waals surface area contributed by atoms with E-state index in [1.54, 1.807) is 7.11 Å². The molecule has 1 heterocycles. The Balaban J connectivity index is 2.21. The predicted octanol–water partition coefficient (Wildman–Crippen LogP) is 2.20. The number of hydrogen-bond acceptors (Lipinski definition) is 3. The number of hydrogen-bond donors (Lipinski definition) is 1. The van der Waals surface area contributed by atoms with E-state index in [0.29, 0.717) is 0 Å². The van der Waals surface area contributed by atoms with Crippen LogP contribution in [0.15, 0.2) is 22.7 Å². The van der Waals surface area contributed by atoms with E-state index in [2.05, 4.69) is 28.2 Å². The standard InChI is InChI=1S/C11H14BrNO2/c1-11(6-13-7-11)15-10-5-8(12)3-4-9(10)14-2/h3-5,13H,6-7H2,1-2H3. The van der Waals surface area contributed by atoms with E-state index < -0.39 is 0 Å². The first-order chi connectivity index (χ1) is 7.13. The fourth-order valence-electron chi connectivity index (χ4n) is 1.54. The monoisotopic (exact) mass is 271 g/mol. The highest BCUT2D eigenvalue weighted by molar-refractivity contribution is 9.10. The highest BCUT2D eigenvalue weighted by Gasteiger charge is 2.34. The average Bonchev–Trinajstić information content (AvgIpc) is 2.16. The normalized spacial score (nSPS) is 18.1. The third kappa shape index (κ3) is 2.26. The van der Waals surface area contributed by atoms with Gasteiger partial charge in [-0.2, -0.15) is 0 Å². The number of nitrogens with one attached hydrogen (secondary N) is 1. The summed E-state index contributed by atoms with van der Waals surface area (Å²) in [7, 11) is 1.65. The van der Waals surface area contributed by atoms with Crippen molar-refractivity contribution in [3.8, 4) is 11.5 Å². The first kappa shape index (κ1) is 10.8. The second-order valence-electron chi connectivity index (χ2n) is 3.95. The molecule has 1 aromatic carbocycles. The van der Waals surface area contributed by atoms with Crippen LogP contribution in [0.2, 0.25) is 0 Å². The highest BCUT2D eigenvalue weighted by Crippen LogP contribution is 2.33. The summed E-state index contributed by atoms with van der Waals surface area (Å²) in [6, 6.07) is 5.77. The quantitative estimate of drug-likeness (QED) is 0.915. The SMILES string of the molecule is COc1ccc(Br)cc1OC1(C)CNC1. The van der Waals surface area contributed by atoms with Crippen LogP contribution in [0.4, 0.5) is 0 Å². The molecule has 1 N–H and O–H groups in total. The Kier molecular flexibility index (Phi) is 2.89. The molecule has 82 valence electrons. The van der Waals surface area contributed by atoms with E-state index in [1.807, 2.05) is 18.2 Å². The van der Waals surface area contributed by atoms with Crippen molar-refractivity contribution in [2.75, 3.05) is 20.2 Å². The molecule has 15 heavy (non-hydrogen) atoms. The molecule has 0 saturated carbocycles. The summed E-state index contributed by atoms with van der Waals surface area (Å²) in [6.45, 7) is 3.84. The van der Waals surface area contributed by atoms with Crippen LogP contribution in [-0.2, 0) is 0 Å². The van der Waals surface area contributed by atoms with Gasteiger partial charge in [-0.15, -0.1) is 0 Å². The summed E-state index contributed by atoms with van der Waals surface area (Å²) in [5.41, 5.74) is -0.103. The van der Waals surface area contributed by atoms with Gasteiger partial charge in [0.1, 0.15) is 5.60 Å². The summed E-state index contributed by atoms with van der Waals surface area (Å²) in [6.07, 6.45) is 0. The van der Waals surface area contributed by atoms with Gasteiger partial charge in [0, 0.05) is 17.6 Å². The maximum Gasteiger partial charge on any atom is 0.163 e. The Labute approximate surface area is 97.9 Å². The van der Waals surface area contributed by atoms with Crippen molar-refractivity contribution in [3.05, 3.63) is 22.7 Å². The molecule has 1 aliphatic rings. The lowest BCUT2D eigenvalue weighted by atomic mass is 10.00. The molecular formula is C11H14BrNO2. The van der Waals surface area contributed by atoms with Crippen LogP contribution in [0.25, 0.3) is 0 Å². The molecule has 0 radical (unpaired) electrons. The largest absolute Gasteiger partial charge is 0.493 e. The Hall–Kier alpha value is -0.740. The number of rotatable bonds is 3. The first-order valence-corrected chi connectivity index (χ1v) is 5.65. The number of methoxy groups -OCH3 is 1. The van der Waals surface area contributed by atoms with Gasteiger partial charge in [-0.1, -0.05) is 15.9 Å². The first-order valence-electron chi connectivity index (χ1n) is 4.86. The minimum atomic E-state index is -0.103. The van der Waals surface area contributed by atoms with Crippen molar-refractivity contribution in [2.45, 2.75) is 12.5 Å². The molecular weight excluding hydrogens is 258 g/mol. The molecule has 2 rings (SSSR count). The van der Waals surface area contributed by atoms with Crippen molar-refractivity contribution in [1.29, 1.82) is 0 Å². The fourth-order valence-corrected chi connectivity index (χ4v) is 1.89. The second kappa shape index (κ2) is 4.02. The minimum absolute atomic E-state index is 0.103. The molecule has 1 aromatic rings.